The van der Waals surface area contributed by atoms with Gasteiger partial charge in [0.15, 0.2) is 0 Å². The number of amides is 1. The van der Waals surface area contributed by atoms with Gasteiger partial charge in [0.2, 0.25) is 0 Å². The van der Waals surface area contributed by atoms with Crippen LogP contribution >= 0.6 is 0 Å². The molecule has 2 saturated carbocycles. The number of carboxylic acids is 1. The predicted octanol–water partition coefficient (Wildman–Crippen LogP) is 5.25. The van der Waals surface area contributed by atoms with Crippen molar-refractivity contribution in [2.24, 2.45) is 5.41 Å². The molecule has 2 fully saturated rings. The number of carbonyl (C=O) groups is 2. The van der Waals surface area contributed by atoms with Gasteiger partial charge in [0, 0.05) is 47.6 Å². The Bertz CT molecular complexity index is 1650. The zero-order valence-electron chi connectivity index (χ0n) is 23.8. The van der Waals surface area contributed by atoms with Crippen molar-refractivity contribution in [2.45, 2.75) is 70.8 Å². The van der Waals surface area contributed by atoms with Gasteiger partial charge in [-0.2, -0.15) is 12.7 Å². The van der Waals surface area contributed by atoms with Gasteiger partial charge in [0.1, 0.15) is 5.75 Å². The van der Waals surface area contributed by atoms with E-state index in [0.717, 1.165) is 53.4 Å². The van der Waals surface area contributed by atoms with E-state index in [1.54, 1.807) is 33.1 Å². The van der Waals surface area contributed by atoms with Crippen LogP contribution in [0.3, 0.4) is 0 Å². The molecule has 2 aromatic carbocycles. The summed E-state index contributed by atoms with van der Waals surface area (Å²) in [6, 6.07) is 11.3. The smallest absolute Gasteiger partial charge is 0.312 e. The number of aromatic nitrogens is 1. The molecule has 9 nitrogen and oxygen atoms in total. The number of nitrogens with zero attached hydrogens (tertiary/aromatic N) is 2. The molecule has 10 heteroatoms. The van der Waals surface area contributed by atoms with E-state index in [9.17, 15) is 23.1 Å². The molecule has 2 N–H and O–H groups in total. The molecule has 0 spiro atoms. The van der Waals surface area contributed by atoms with Crippen LogP contribution < -0.4 is 9.46 Å². The first-order chi connectivity index (χ1) is 19.6. The van der Waals surface area contributed by atoms with E-state index in [2.05, 4.69) is 9.29 Å². The van der Waals surface area contributed by atoms with Crippen LogP contribution in [0, 0.1) is 5.41 Å². The van der Waals surface area contributed by atoms with Crippen LogP contribution in [0.1, 0.15) is 85.7 Å². The van der Waals surface area contributed by atoms with E-state index in [0.29, 0.717) is 18.1 Å². The Morgan fingerprint density at radius 1 is 1.10 bits per heavy atom. The number of benzene rings is 2. The topological polar surface area (TPSA) is 118 Å². The molecule has 1 unspecified atom stereocenters. The summed E-state index contributed by atoms with van der Waals surface area (Å²) >= 11 is 0. The molecule has 0 radical (unpaired) electrons. The summed E-state index contributed by atoms with van der Waals surface area (Å²) in [5.74, 6) is -0.651. The van der Waals surface area contributed by atoms with E-state index < -0.39 is 27.5 Å². The van der Waals surface area contributed by atoms with Crippen molar-refractivity contribution in [1.82, 2.24) is 13.6 Å². The molecule has 3 aliphatic rings. The van der Waals surface area contributed by atoms with Crippen LogP contribution in [0.25, 0.3) is 22.2 Å². The molecule has 0 bridgehead atoms. The van der Waals surface area contributed by atoms with E-state index >= 15 is 0 Å². The number of hydrogen-bond acceptors (Lipinski definition) is 5. The highest BCUT2D eigenvalue weighted by Gasteiger charge is 2.63. The van der Waals surface area contributed by atoms with Gasteiger partial charge < -0.3 is 14.4 Å². The first-order valence-electron chi connectivity index (χ1n) is 14.5. The Hall–Kier alpha value is -3.37. The average Bonchev–Trinajstić information content (AvgIpc) is 3.64. The van der Waals surface area contributed by atoms with Crippen molar-refractivity contribution in [2.75, 3.05) is 20.2 Å². The Labute approximate surface area is 240 Å². The number of hydrogen-bond donors (Lipinski definition) is 2. The number of aliphatic carboxylic acids is 1. The Balaban J connectivity index is 1.56. The summed E-state index contributed by atoms with van der Waals surface area (Å²) in [6.07, 6.45) is 6.11. The third-order valence-electron chi connectivity index (χ3n) is 9.48. The summed E-state index contributed by atoms with van der Waals surface area (Å²) in [5, 5.41) is 11.5. The molecule has 1 aromatic heterocycles. The average molecular weight is 580 g/mol. The molecule has 218 valence electrons. The summed E-state index contributed by atoms with van der Waals surface area (Å²) in [5.41, 5.74) is 4.27. The van der Waals surface area contributed by atoms with Crippen molar-refractivity contribution in [3.05, 3.63) is 53.1 Å². The second kappa shape index (κ2) is 10.2. The van der Waals surface area contributed by atoms with Crippen LogP contribution in [0.4, 0.5) is 0 Å². The molecule has 41 heavy (non-hydrogen) atoms. The molecular weight excluding hydrogens is 542 g/mol. The molecule has 0 saturated heterocycles. The first-order valence-corrected chi connectivity index (χ1v) is 16.0. The van der Waals surface area contributed by atoms with Gasteiger partial charge in [-0.25, -0.2) is 4.72 Å². The number of carbonyl (C=O) groups excluding carboxylic acids is 1. The molecular formula is C31H37N3O6S. The van der Waals surface area contributed by atoms with Crippen LogP contribution in [-0.2, 0) is 21.5 Å². The van der Waals surface area contributed by atoms with Gasteiger partial charge >= 0.3 is 16.2 Å². The second-order valence-corrected chi connectivity index (χ2v) is 13.3. The number of nitrogens with one attached hydrogen (secondary N) is 1. The Morgan fingerprint density at radius 2 is 1.83 bits per heavy atom. The second-order valence-electron chi connectivity index (χ2n) is 11.6. The van der Waals surface area contributed by atoms with Crippen LogP contribution in [-0.4, -0.2) is 54.5 Å². The van der Waals surface area contributed by atoms with Crippen LogP contribution in [0.2, 0.25) is 0 Å². The Kier molecular flexibility index (Phi) is 6.89. The number of ether oxygens (including phenoxy) is 1. The minimum atomic E-state index is -3.99. The van der Waals surface area contributed by atoms with Gasteiger partial charge in [0.05, 0.1) is 18.2 Å². The number of rotatable bonds is 8. The highest BCUT2D eigenvalue weighted by atomic mass is 32.2. The van der Waals surface area contributed by atoms with E-state index in [-0.39, 0.29) is 31.1 Å². The standard InChI is InChI=1S/C31H37N3O6S/c1-4-33(5-2)41(38,39)32-29(35)20-11-13-23-26(15-20)34-18-31(30(36)37)17-25(31)24-16-21(40-3)12-14-22(24)28(34)27(23)19-9-7-6-8-10-19/h11-16,19,25H,4-10,17-18H2,1-3H3,(H,32,35)(H,36,37)/t25?,31-/m1/s1. The molecule has 1 aliphatic heterocycles. The maximum atomic E-state index is 13.3. The largest absolute Gasteiger partial charge is 0.497 e. The minimum absolute atomic E-state index is 0.134. The zero-order chi connectivity index (χ0) is 29.1. The summed E-state index contributed by atoms with van der Waals surface area (Å²) < 4.78 is 36.6. The van der Waals surface area contributed by atoms with Crippen LogP contribution in [0.15, 0.2) is 36.4 Å². The number of fused-ring (bicyclic) bond motifs is 7. The summed E-state index contributed by atoms with van der Waals surface area (Å²) in [7, 11) is -2.37. The van der Waals surface area contributed by atoms with Crippen molar-refractivity contribution in [3.8, 4) is 17.0 Å². The number of methoxy groups -OCH3 is 1. The van der Waals surface area contributed by atoms with Gasteiger partial charge in [-0.05, 0) is 66.6 Å². The lowest BCUT2D eigenvalue weighted by Crippen LogP contribution is -2.43. The van der Waals surface area contributed by atoms with E-state index in [1.165, 1.54) is 16.3 Å². The molecule has 6 rings (SSSR count). The zero-order valence-corrected chi connectivity index (χ0v) is 24.6. The molecule has 3 aromatic rings. The maximum Gasteiger partial charge on any atom is 0.312 e. The molecule has 1 amide bonds. The Morgan fingerprint density at radius 3 is 2.49 bits per heavy atom. The monoisotopic (exact) mass is 579 g/mol. The normalized spacial score (nSPS) is 22.0. The van der Waals surface area contributed by atoms with Crippen LogP contribution in [0.5, 0.6) is 5.75 Å². The maximum absolute atomic E-state index is 13.3. The fourth-order valence-electron chi connectivity index (χ4n) is 7.23. The van der Waals surface area contributed by atoms with Crippen molar-refractivity contribution in [3.63, 3.8) is 0 Å². The highest BCUT2D eigenvalue weighted by Crippen LogP contribution is 2.65. The number of carboxylic acid groups (broad SMARTS) is 1. The fourth-order valence-corrected chi connectivity index (χ4v) is 8.39. The molecule has 2 heterocycles. The van der Waals surface area contributed by atoms with Gasteiger partial charge in [-0.3, -0.25) is 9.59 Å². The quantitative estimate of drug-likeness (QED) is 0.376. The first kappa shape index (κ1) is 27.8. The fraction of sp³-hybridized carbons (Fsp3) is 0.484. The van der Waals surface area contributed by atoms with Gasteiger partial charge in [0.25, 0.3) is 5.91 Å². The summed E-state index contributed by atoms with van der Waals surface area (Å²) in [6.45, 7) is 4.22. The van der Waals surface area contributed by atoms with Crippen molar-refractivity contribution < 1.29 is 27.9 Å². The van der Waals surface area contributed by atoms with Gasteiger partial charge in [-0.1, -0.05) is 39.2 Å². The SMILES string of the molecule is CCN(CC)S(=O)(=O)NC(=O)c1ccc2c(C3CCCCC3)c3n(c2c1)C[C@]1(C(=O)O)CC1c1cc(OC)ccc1-3. The lowest BCUT2D eigenvalue weighted by Gasteiger charge is -2.24. The summed E-state index contributed by atoms with van der Waals surface area (Å²) in [4.78, 5) is 26.0. The molecule has 2 atom stereocenters. The highest BCUT2D eigenvalue weighted by molar-refractivity contribution is 7.87. The van der Waals surface area contributed by atoms with E-state index in [4.69, 9.17) is 4.74 Å². The van der Waals surface area contributed by atoms with Crippen molar-refractivity contribution in [1.29, 1.82) is 0 Å². The lowest BCUT2D eigenvalue weighted by atomic mass is 9.81. The van der Waals surface area contributed by atoms with E-state index in [1.807, 2.05) is 24.3 Å². The molecule has 2 aliphatic carbocycles. The van der Waals surface area contributed by atoms with Crippen molar-refractivity contribution >= 4 is 33.0 Å². The third kappa shape index (κ3) is 4.43. The predicted molar refractivity (Wildman–Crippen MR) is 156 cm³/mol. The minimum Gasteiger partial charge on any atom is -0.497 e. The third-order valence-corrected chi connectivity index (χ3v) is 11.1. The lowest BCUT2D eigenvalue weighted by molar-refractivity contribution is -0.144. The van der Waals surface area contributed by atoms with Gasteiger partial charge in [-0.15, -0.1) is 0 Å².